The minimum Gasteiger partial charge on any atom is -0.493 e. The Kier molecular flexibility index (Phi) is 10.8. The van der Waals surface area contributed by atoms with Crippen molar-refractivity contribution in [1.29, 1.82) is 0 Å². The first kappa shape index (κ1) is 31.4. The third-order valence-corrected chi connectivity index (χ3v) is 8.60. The Hall–Kier alpha value is -3.99. The van der Waals surface area contributed by atoms with Crippen molar-refractivity contribution in [2.24, 2.45) is 7.05 Å². The van der Waals surface area contributed by atoms with Crippen molar-refractivity contribution in [3.8, 4) is 5.75 Å². The molecule has 12 heteroatoms. The molecule has 0 amide bonds. The van der Waals surface area contributed by atoms with Crippen LogP contribution in [0, 0.1) is 0 Å². The van der Waals surface area contributed by atoms with Crippen molar-refractivity contribution in [2.45, 2.75) is 42.9 Å². The summed E-state index contributed by atoms with van der Waals surface area (Å²) >= 11 is 13.7. The SMILES string of the molecule is CCOC(=O)Cc1ccc(NCc2ccc(Sc3nnc(Cn4cnc(Cl)c4Cl)n3C)cc2OCCc2ccccc2)cc1. The molecule has 2 heterocycles. The molecule has 0 bridgehead atoms. The Labute approximate surface area is 270 Å². The Morgan fingerprint density at radius 1 is 1.00 bits per heavy atom. The predicted molar refractivity (Wildman–Crippen MR) is 173 cm³/mol. The van der Waals surface area contributed by atoms with Gasteiger partial charge in [0, 0.05) is 36.2 Å². The van der Waals surface area contributed by atoms with E-state index in [-0.39, 0.29) is 17.5 Å². The summed E-state index contributed by atoms with van der Waals surface area (Å²) in [6.45, 7) is 3.67. The minimum atomic E-state index is -0.228. The number of hydrogen-bond acceptors (Lipinski definition) is 8. The lowest BCUT2D eigenvalue weighted by Crippen LogP contribution is -2.08. The summed E-state index contributed by atoms with van der Waals surface area (Å²) in [4.78, 5) is 16.8. The van der Waals surface area contributed by atoms with Crippen LogP contribution in [-0.4, -0.2) is 43.5 Å². The van der Waals surface area contributed by atoms with Gasteiger partial charge in [-0.25, -0.2) is 4.98 Å². The van der Waals surface area contributed by atoms with Gasteiger partial charge in [0.05, 0.1) is 32.5 Å². The van der Waals surface area contributed by atoms with Gasteiger partial charge in [0.2, 0.25) is 0 Å². The largest absolute Gasteiger partial charge is 0.493 e. The number of ether oxygens (including phenoxy) is 2. The lowest BCUT2D eigenvalue weighted by Gasteiger charge is -2.15. The van der Waals surface area contributed by atoms with Crippen LogP contribution in [0.25, 0.3) is 0 Å². The van der Waals surface area contributed by atoms with Crippen molar-refractivity contribution in [3.05, 3.63) is 112 Å². The quantitative estimate of drug-likeness (QED) is 0.130. The molecule has 0 aliphatic carbocycles. The van der Waals surface area contributed by atoms with Crippen LogP contribution in [0.3, 0.4) is 0 Å². The maximum atomic E-state index is 11.8. The predicted octanol–water partition coefficient (Wildman–Crippen LogP) is 6.86. The molecule has 0 atom stereocenters. The van der Waals surface area contributed by atoms with E-state index in [1.807, 2.05) is 60.1 Å². The fourth-order valence-electron chi connectivity index (χ4n) is 4.40. The molecule has 0 fully saturated rings. The van der Waals surface area contributed by atoms with E-state index in [2.05, 4.69) is 44.8 Å². The minimum absolute atomic E-state index is 0.228. The average Bonchev–Trinajstić information content (AvgIpc) is 3.53. The third-order valence-electron chi connectivity index (χ3n) is 6.80. The Morgan fingerprint density at radius 2 is 1.80 bits per heavy atom. The first-order chi connectivity index (χ1) is 21.4. The molecule has 2 aromatic heterocycles. The zero-order valence-electron chi connectivity index (χ0n) is 24.4. The van der Waals surface area contributed by atoms with Crippen molar-refractivity contribution >= 4 is 46.6 Å². The van der Waals surface area contributed by atoms with Gasteiger partial charge in [-0.2, -0.15) is 0 Å². The van der Waals surface area contributed by atoms with Crippen LogP contribution in [0.5, 0.6) is 5.75 Å². The second-order valence-corrected chi connectivity index (χ2v) is 11.7. The molecule has 0 aliphatic heterocycles. The number of imidazole rings is 1. The summed E-state index contributed by atoms with van der Waals surface area (Å²) in [5.41, 5.74) is 4.08. The van der Waals surface area contributed by atoms with Gasteiger partial charge >= 0.3 is 5.97 Å². The number of aromatic nitrogens is 5. The fraction of sp³-hybridized carbons (Fsp3) is 0.250. The maximum absolute atomic E-state index is 11.8. The molecule has 5 aromatic rings. The highest BCUT2D eigenvalue weighted by atomic mass is 35.5. The Bertz CT molecular complexity index is 1690. The molecule has 0 aliphatic rings. The molecule has 228 valence electrons. The van der Waals surface area contributed by atoms with Gasteiger partial charge in [-0.05, 0) is 54.1 Å². The van der Waals surface area contributed by atoms with Crippen LogP contribution in [0.15, 0.2) is 89.2 Å². The Balaban J connectivity index is 1.28. The van der Waals surface area contributed by atoms with E-state index < -0.39 is 0 Å². The molecule has 0 radical (unpaired) electrons. The van der Waals surface area contributed by atoms with E-state index in [4.69, 9.17) is 32.7 Å². The highest BCUT2D eigenvalue weighted by Gasteiger charge is 2.15. The summed E-state index contributed by atoms with van der Waals surface area (Å²) in [6.07, 6.45) is 2.63. The van der Waals surface area contributed by atoms with E-state index in [9.17, 15) is 4.79 Å². The van der Waals surface area contributed by atoms with Crippen LogP contribution in [0.1, 0.15) is 29.4 Å². The maximum Gasteiger partial charge on any atom is 0.310 e. The van der Waals surface area contributed by atoms with Crippen LogP contribution < -0.4 is 10.1 Å². The van der Waals surface area contributed by atoms with Crippen molar-refractivity contribution in [2.75, 3.05) is 18.5 Å². The zero-order valence-corrected chi connectivity index (χ0v) is 26.7. The number of esters is 1. The second kappa shape index (κ2) is 15.1. The topological polar surface area (TPSA) is 96.1 Å². The molecule has 9 nitrogen and oxygen atoms in total. The lowest BCUT2D eigenvalue weighted by molar-refractivity contribution is -0.142. The molecule has 0 spiro atoms. The van der Waals surface area contributed by atoms with Gasteiger partial charge in [0.15, 0.2) is 16.1 Å². The van der Waals surface area contributed by atoms with Crippen molar-refractivity contribution in [1.82, 2.24) is 24.3 Å². The number of nitrogens with one attached hydrogen (secondary N) is 1. The number of nitrogens with zero attached hydrogens (tertiary/aromatic N) is 5. The zero-order chi connectivity index (χ0) is 30.9. The average molecular weight is 652 g/mol. The van der Waals surface area contributed by atoms with Gasteiger partial charge in [-0.1, -0.05) is 71.7 Å². The normalized spacial score (nSPS) is 11.0. The first-order valence-electron chi connectivity index (χ1n) is 14.1. The van der Waals surface area contributed by atoms with Crippen LogP contribution in [-0.2, 0) is 42.5 Å². The highest BCUT2D eigenvalue weighted by molar-refractivity contribution is 7.99. The summed E-state index contributed by atoms with van der Waals surface area (Å²) in [5.74, 6) is 1.28. The van der Waals surface area contributed by atoms with Crippen molar-refractivity contribution in [3.63, 3.8) is 0 Å². The fourth-order valence-corrected chi connectivity index (χ4v) is 5.54. The molecule has 0 saturated heterocycles. The monoisotopic (exact) mass is 650 g/mol. The van der Waals surface area contributed by atoms with Gasteiger partial charge in [0.25, 0.3) is 0 Å². The van der Waals surface area contributed by atoms with E-state index in [1.165, 1.54) is 17.3 Å². The summed E-state index contributed by atoms with van der Waals surface area (Å²) in [6, 6.07) is 24.2. The molecular weight excluding hydrogens is 619 g/mol. The summed E-state index contributed by atoms with van der Waals surface area (Å²) in [7, 11) is 1.91. The summed E-state index contributed by atoms with van der Waals surface area (Å²) < 4.78 is 15.0. The number of halogens is 2. The van der Waals surface area contributed by atoms with Gasteiger partial charge in [-0.15, -0.1) is 10.2 Å². The van der Waals surface area contributed by atoms with Gasteiger partial charge in [0.1, 0.15) is 10.9 Å². The molecular formula is C32H32Cl2N6O3S. The molecule has 0 unspecified atom stereocenters. The lowest BCUT2D eigenvalue weighted by atomic mass is 10.1. The van der Waals surface area contributed by atoms with Gasteiger partial charge < -0.3 is 23.9 Å². The van der Waals surface area contributed by atoms with E-state index in [1.54, 1.807) is 17.8 Å². The van der Waals surface area contributed by atoms with E-state index in [0.717, 1.165) is 44.9 Å². The molecule has 5 rings (SSSR count). The second-order valence-electron chi connectivity index (χ2n) is 9.90. The van der Waals surface area contributed by atoms with Crippen LogP contribution in [0.2, 0.25) is 10.3 Å². The smallest absolute Gasteiger partial charge is 0.310 e. The molecule has 3 aromatic carbocycles. The number of anilines is 1. The highest BCUT2D eigenvalue weighted by Crippen LogP contribution is 2.32. The third kappa shape index (κ3) is 8.34. The number of hydrogen-bond donors (Lipinski definition) is 1. The van der Waals surface area contributed by atoms with Crippen LogP contribution in [0.4, 0.5) is 5.69 Å². The number of rotatable bonds is 14. The van der Waals surface area contributed by atoms with E-state index >= 15 is 0 Å². The summed E-state index contributed by atoms with van der Waals surface area (Å²) in [5, 5.41) is 13.6. The van der Waals surface area contributed by atoms with E-state index in [0.29, 0.717) is 31.5 Å². The molecule has 0 saturated carbocycles. The Morgan fingerprint density at radius 3 is 2.52 bits per heavy atom. The number of carbonyl (C=O) groups excluding carboxylic acids is 1. The van der Waals surface area contributed by atoms with Crippen molar-refractivity contribution < 1.29 is 14.3 Å². The van der Waals surface area contributed by atoms with Crippen LogP contribution >= 0.6 is 35.0 Å². The molecule has 44 heavy (non-hydrogen) atoms. The van der Waals surface area contributed by atoms with Gasteiger partial charge in [-0.3, -0.25) is 4.79 Å². The standard InChI is InChI=1S/C32H32Cl2N6O3S/c1-3-42-29(41)17-23-9-12-25(13-10-23)35-19-24-11-14-26(18-27(24)43-16-15-22-7-5-4-6-8-22)44-32-38-37-28(39(32)2)20-40-21-36-30(33)31(40)34/h4-14,18,21,35H,3,15-17,19-20H2,1-2H3. The first-order valence-corrected chi connectivity index (χ1v) is 15.7. The molecule has 1 N–H and O–H groups in total. The number of benzene rings is 3. The number of carbonyl (C=O) groups is 1.